The van der Waals surface area contributed by atoms with E-state index in [1.165, 1.54) is 0 Å². The Hall–Kier alpha value is -0.626. The van der Waals surface area contributed by atoms with Crippen LogP contribution in [0, 0.1) is 0 Å². The van der Waals surface area contributed by atoms with Crippen molar-refractivity contribution in [2.24, 2.45) is 5.73 Å². The van der Waals surface area contributed by atoms with E-state index in [-0.39, 0.29) is 11.1 Å². The summed E-state index contributed by atoms with van der Waals surface area (Å²) in [5.74, 6) is 0. The Kier molecular flexibility index (Phi) is 6.58. The Morgan fingerprint density at radius 1 is 1.31 bits per heavy atom. The van der Waals surface area contributed by atoms with Crippen molar-refractivity contribution in [1.82, 2.24) is 4.98 Å². The molecule has 4 nitrogen and oxygen atoms in total. The third-order valence-electron chi connectivity index (χ3n) is 2.70. The van der Waals surface area contributed by atoms with Gasteiger partial charge < -0.3 is 10.7 Å². The molecule has 0 heterocycles. The van der Waals surface area contributed by atoms with Crippen LogP contribution in [0.1, 0.15) is 26.7 Å². The van der Waals surface area contributed by atoms with E-state index >= 15 is 0 Å². The number of nitrogens with two attached hydrogens (primary N) is 1. The number of carbonyl (C=O) groups is 2. The second-order valence-corrected chi connectivity index (χ2v) is 10.9. The van der Waals surface area contributed by atoms with Crippen molar-refractivity contribution < 1.29 is 9.59 Å². The van der Waals surface area contributed by atoms with Gasteiger partial charge in [-0.3, -0.25) is 9.59 Å². The summed E-state index contributed by atoms with van der Waals surface area (Å²) in [4.78, 5) is 26.2. The molecule has 0 fully saturated rings. The van der Waals surface area contributed by atoms with Gasteiger partial charge in [0.15, 0.2) is 14.3 Å². The highest BCUT2D eigenvalue weighted by atomic mass is 28.3. The summed E-state index contributed by atoms with van der Waals surface area (Å²) in [6.45, 7) is 7.91. The van der Waals surface area contributed by atoms with Crippen LogP contribution in [-0.2, 0) is 0 Å². The van der Waals surface area contributed by atoms with Crippen molar-refractivity contribution >= 4 is 28.1 Å². The lowest BCUT2D eigenvalue weighted by Crippen LogP contribution is -2.61. The second-order valence-electron chi connectivity index (χ2n) is 4.43. The highest BCUT2D eigenvalue weighted by Gasteiger charge is 2.36. The van der Waals surface area contributed by atoms with Gasteiger partial charge in [-0.1, -0.05) is 39.3 Å². The first-order valence-electron chi connectivity index (χ1n) is 5.82. The maximum atomic E-state index is 11.9. The predicted molar refractivity (Wildman–Crippen MR) is 71.5 cm³/mol. The van der Waals surface area contributed by atoms with Crippen LogP contribution in [0.15, 0.2) is 0 Å². The fourth-order valence-electron chi connectivity index (χ4n) is 1.59. The van der Waals surface area contributed by atoms with Crippen LogP contribution in [0.3, 0.4) is 0 Å². The Morgan fingerprint density at radius 3 is 2.25 bits per heavy atom. The number of amides is 2. The number of hydrogen-bond acceptors (Lipinski definition) is 2. The normalized spacial score (nSPS) is 14.6. The van der Waals surface area contributed by atoms with Gasteiger partial charge in [0.05, 0.1) is 0 Å². The average molecular weight is 259 g/mol. The van der Waals surface area contributed by atoms with Crippen molar-refractivity contribution in [2.75, 3.05) is 0 Å². The molecule has 1 radical (unpaired) electrons. The minimum Gasteiger partial charge on any atom is -0.379 e. The molecule has 1 unspecified atom stereocenters. The van der Waals surface area contributed by atoms with Gasteiger partial charge >= 0.3 is 0 Å². The summed E-state index contributed by atoms with van der Waals surface area (Å²) >= 11 is 0. The molecule has 6 heteroatoms. The van der Waals surface area contributed by atoms with Crippen LogP contribution in [0.5, 0.6) is 0 Å². The minimum atomic E-state index is -2.42. The molecule has 93 valence electrons. The number of nitrogens with one attached hydrogen (secondary N) is 1. The monoisotopic (exact) mass is 259 g/mol. The molecule has 3 N–H and O–H groups in total. The third-order valence-corrected chi connectivity index (χ3v) is 8.46. The zero-order valence-electron chi connectivity index (χ0n) is 10.7. The summed E-state index contributed by atoms with van der Waals surface area (Å²) < 4.78 is 0. The fraction of sp³-hybridized carbons (Fsp3) is 0.800. The molecule has 1 atom stereocenters. The van der Waals surface area contributed by atoms with E-state index in [1.54, 1.807) is 0 Å². The molecular formula is C10H23N2O2Si2. The van der Waals surface area contributed by atoms with E-state index in [0.717, 1.165) is 24.9 Å². The molecule has 0 saturated heterocycles. The van der Waals surface area contributed by atoms with Gasteiger partial charge in [-0.25, -0.2) is 0 Å². The van der Waals surface area contributed by atoms with Gasteiger partial charge in [0.2, 0.25) is 5.53 Å². The van der Waals surface area contributed by atoms with Crippen LogP contribution < -0.4 is 10.7 Å². The van der Waals surface area contributed by atoms with Gasteiger partial charge in [-0.05, 0) is 12.6 Å². The molecule has 0 spiro atoms. The first-order valence-corrected chi connectivity index (χ1v) is 10.7. The standard InChI is InChI=1S/C10H23N2O2Si2/c1-5-7-15(3)10(14)12-16(4,8-6-2)9(11)13/h5-8H2,1-4H3,(H2,11,13)(H,12,14). The Bertz CT molecular complexity index is 261. The summed E-state index contributed by atoms with van der Waals surface area (Å²) in [5.41, 5.74) is 5.16. The van der Waals surface area contributed by atoms with E-state index in [4.69, 9.17) is 5.73 Å². The third kappa shape index (κ3) is 4.48. The van der Waals surface area contributed by atoms with E-state index < -0.39 is 17.0 Å². The zero-order chi connectivity index (χ0) is 12.8. The lowest BCUT2D eigenvalue weighted by Gasteiger charge is -2.25. The molecule has 0 aliphatic rings. The lowest BCUT2D eigenvalue weighted by atomic mass is 10.6. The van der Waals surface area contributed by atoms with E-state index in [1.807, 2.05) is 20.0 Å². The Labute approximate surface area is 101 Å². The number of hydrogen-bond donors (Lipinski definition) is 2. The number of carbonyl (C=O) groups excluding carboxylic acids is 2. The van der Waals surface area contributed by atoms with Crippen molar-refractivity contribution in [1.29, 1.82) is 0 Å². The average Bonchev–Trinajstić information content (AvgIpc) is 2.18. The molecule has 2 amide bonds. The molecule has 0 aliphatic carbocycles. The first kappa shape index (κ1) is 15.4. The maximum Gasteiger partial charge on any atom is 0.255 e. The number of primary amides is 1. The summed E-state index contributed by atoms with van der Waals surface area (Å²) in [6.07, 6.45) is 1.90. The molecule has 0 aromatic rings. The van der Waals surface area contributed by atoms with Crippen LogP contribution >= 0.6 is 0 Å². The summed E-state index contributed by atoms with van der Waals surface area (Å²) in [7, 11) is -3.44. The van der Waals surface area contributed by atoms with Crippen LogP contribution in [0.25, 0.3) is 0 Å². The molecule has 0 aliphatic heterocycles. The summed E-state index contributed by atoms with van der Waals surface area (Å²) in [5, 5.41) is 0. The summed E-state index contributed by atoms with van der Waals surface area (Å²) in [6, 6.07) is 1.68. The molecule has 0 rings (SSSR count). The highest BCUT2D eigenvalue weighted by molar-refractivity contribution is 7.07. The molecule has 0 aromatic carbocycles. The maximum absolute atomic E-state index is 11.9. The van der Waals surface area contributed by atoms with Gasteiger partial charge in [0.1, 0.15) is 0 Å². The fourth-order valence-corrected chi connectivity index (χ4v) is 6.25. The highest BCUT2D eigenvalue weighted by Crippen LogP contribution is 2.10. The van der Waals surface area contributed by atoms with Gasteiger partial charge in [-0.15, -0.1) is 0 Å². The van der Waals surface area contributed by atoms with Crippen molar-refractivity contribution in [3.63, 3.8) is 0 Å². The topological polar surface area (TPSA) is 72.2 Å². The van der Waals surface area contributed by atoms with E-state index in [2.05, 4.69) is 11.9 Å². The predicted octanol–water partition coefficient (Wildman–Crippen LogP) is 2.46. The largest absolute Gasteiger partial charge is 0.379 e. The molecule has 0 aromatic heterocycles. The lowest BCUT2D eigenvalue weighted by molar-refractivity contribution is 0.258. The van der Waals surface area contributed by atoms with Gasteiger partial charge in [0.25, 0.3) is 8.24 Å². The molecule has 0 bridgehead atoms. The van der Waals surface area contributed by atoms with Crippen LogP contribution in [-0.4, -0.2) is 28.1 Å². The van der Waals surface area contributed by atoms with Crippen molar-refractivity contribution in [3.05, 3.63) is 0 Å². The van der Waals surface area contributed by atoms with E-state index in [0.29, 0.717) is 0 Å². The smallest absolute Gasteiger partial charge is 0.255 e. The Morgan fingerprint density at radius 2 is 1.88 bits per heavy atom. The molecule has 0 saturated carbocycles. The van der Waals surface area contributed by atoms with Gasteiger partial charge in [0, 0.05) is 0 Å². The minimum absolute atomic E-state index is 0.0771. The molecule has 16 heavy (non-hydrogen) atoms. The van der Waals surface area contributed by atoms with Crippen molar-refractivity contribution in [2.45, 2.75) is 51.9 Å². The SMILES string of the molecule is CCC[Si](C)C(=O)N[Si](C)(CCC)C(N)=O. The second kappa shape index (κ2) is 6.85. The van der Waals surface area contributed by atoms with E-state index in [9.17, 15) is 9.59 Å². The zero-order valence-corrected chi connectivity index (χ0v) is 12.7. The van der Waals surface area contributed by atoms with Crippen LogP contribution in [0.2, 0.25) is 25.2 Å². The quantitative estimate of drug-likeness (QED) is 0.689. The van der Waals surface area contributed by atoms with Crippen molar-refractivity contribution in [3.8, 4) is 0 Å². The van der Waals surface area contributed by atoms with Crippen LogP contribution in [0.4, 0.5) is 9.59 Å². The first-order chi connectivity index (χ1) is 7.37. The number of rotatable bonds is 7. The molecular weight excluding hydrogens is 236 g/mol. The Balaban J connectivity index is 4.52. The van der Waals surface area contributed by atoms with Gasteiger partial charge in [-0.2, -0.15) is 0 Å².